The molecule has 5 aliphatic rings. The molecule has 5 rings (SSSR count). The summed E-state index contributed by atoms with van der Waals surface area (Å²) < 4.78 is 11.0. The van der Waals surface area contributed by atoms with Gasteiger partial charge in [0, 0.05) is 11.3 Å². The zero-order chi connectivity index (χ0) is 28.3. The highest BCUT2D eigenvalue weighted by molar-refractivity contribution is 6.14. The largest absolute Gasteiger partial charge is 0.465 e. The molecule has 9 atom stereocenters. The van der Waals surface area contributed by atoms with E-state index < -0.39 is 34.6 Å². The Morgan fingerprint density at radius 1 is 0.974 bits per heavy atom. The molecule has 0 spiro atoms. The summed E-state index contributed by atoms with van der Waals surface area (Å²) in [4.78, 5) is 40.4. The van der Waals surface area contributed by atoms with Crippen LogP contribution in [0.15, 0.2) is 23.8 Å². The first-order valence-corrected chi connectivity index (χ1v) is 15.8. The van der Waals surface area contributed by atoms with Crippen LogP contribution in [0.4, 0.5) is 0 Å². The monoisotopic (exact) mass is 538 g/mol. The number of carbonyl (C=O) groups is 3. The number of hydrogen-bond donors (Lipinski definition) is 0. The fraction of sp³-hybridized carbons (Fsp3) is 0.794. The van der Waals surface area contributed by atoms with Crippen molar-refractivity contribution in [2.45, 2.75) is 93.4 Å². The summed E-state index contributed by atoms with van der Waals surface area (Å²) in [5, 5.41) is 0. The van der Waals surface area contributed by atoms with Crippen molar-refractivity contribution in [1.82, 2.24) is 0 Å². The first-order valence-electron chi connectivity index (χ1n) is 15.8. The van der Waals surface area contributed by atoms with Gasteiger partial charge in [0.05, 0.1) is 19.1 Å². The van der Waals surface area contributed by atoms with Gasteiger partial charge in [-0.15, -0.1) is 0 Å². The number of carbonyl (C=O) groups excluding carboxylic acids is 3. The minimum atomic E-state index is -1.52. The number of fused-ring (bicyclic) bond motifs is 7. The molecule has 9 unspecified atom stereocenters. The van der Waals surface area contributed by atoms with Gasteiger partial charge in [0.25, 0.3) is 0 Å². The fourth-order valence-electron chi connectivity index (χ4n) is 10.3. The van der Waals surface area contributed by atoms with Gasteiger partial charge in [0.15, 0.2) is 11.2 Å². The maximum atomic E-state index is 13.5. The first kappa shape index (κ1) is 28.6. The first-order chi connectivity index (χ1) is 18.5. The quantitative estimate of drug-likeness (QED) is 0.235. The third kappa shape index (κ3) is 4.02. The second-order valence-electron chi connectivity index (χ2n) is 14.2. The molecule has 3 fully saturated rings. The summed E-state index contributed by atoms with van der Waals surface area (Å²) in [6.07, 6.45) is 15.0. The molecule has 0 amide bonds. The molecule has 0 aliphatic heterocycles. The molecule has 5 aliphatic carbocycles. The Bertz CT molecular complexity index is 1050. The van der Waals surface area contributed by atoms with E-state index in [9.17, 15) is 14.4 Å². The average Bonchev–Trinajstić information content (AvgIpc) is 3.49. The van der Waals surface area contributed by atoms with Gasteiger partial charge in [-0.05, 0) is 92.1 Å². The minimum Gasteiger partial charge on any atom is -0.465 e. The molecule has 0 aromatic rings. The predicted molar refractivity (Wildman–Crippen MR) is 151 cm³/mol. The topological polar surface area (TPSA) is 69.7 Å². The Hall–Kier alpha value is -1.91. The van der Waals surface area contributed by atoms with Gasteiger partial charge >= 0.3 is 11.9 Å². The molecule has 3 saturated carbocycles. The van der Waals surface area contributed by atoms with E-state index in [4.69, 9.17) is 9.47 Å². The molecule has 0 saturated heterocycles. The van der Waals surface area contributed by atoms with Gasteiger partial charge in [-0.2, -0.15) is 0 Å². The molecule has 0 bridgehead atoms. The fourth-order valence-corrected chi connectivity index (χ4v) is 10.3. The van der Waals surface area contributed by atoms with Crippen LogP contribution >= 0.6 is 0 Å². The van der Waals surface area contributed by atoms with Crippen molar-refractivity contribution in [1.29, 1.82) is 0 Å². The van der Waals surface area contributed by atoms with Crippen LogP contribution in [0.2, 0.25) is 0 Å². The number of allylic oxidation sites excluding steroid dienone is 4. The SMILES string of the molecule is CCOC(=O)C1(C(=O)OCC)C2C(=O)C=C3C=CC4C5CCC(C(C)CCCC(C)C)C5(C)CCC4C3(C)C21. The van der Waals surface area contributed by atoms with E-state index in [2.05, 4.69) is 46.8 Å². The van der Waals surface area contributed by atoms with Crippen LogP contribution in [0, 0.1) is 63.6 Å². The molecular formula is C34H50O5. The van der Waals surface area contributed by atoms with Crippen LogP contribution in [-0.4, -0.2) is 30.9 Å². The van der Waals surface area contributed by atoms with E-state index in [1.54, 1.807) is 19.9 Å². The van der Waals surface area contributed by atoms with Gasteiger partial charge in [-0.3, -0.25) is 14.4 Å². The molecule has 0 aromatic heterocycles. The number of hydrogen-bond acceptors (Lipinski definition) is 5. The highest BCUT2D eigenvalue weighted by Crippen LogP contribution is 2.77. The number of ketones is 1. The highest BCUT2D eigenvalue weighted by Gasteiger charge is 2.85. The van der Waals surface area contributed by atoms with E-state index in [-0.39, 0.29) is 19.0 Å². The lowest BCUT2D eigenvalue weighted by molar-refractivity contribution is -0.167. The summed E-state index contributed by atoms with van der Waals surface area (Å²) in [7, 11) is 0. The van der Waals surface area contributed by atoms with Crippen molar-refractivity contribution in [3.8, 4) is 0 Å². The molecule has 5 heteroatoms. The lowest BCUT2D eigenvalue weighted by Gasteiger charge is -2.56. The minimum absolute atomic E-state index is 0.131. The van der Waals surface area contributed by atoms with Crippen molar-refractivity contribution in [2.24, 2.45) is 63.6 Å². The molecule has 216 valence electrons. The van der Waals surface area contributed by atoms with Gasteiger partial charge in [0.2, 0.25) is 0 Å². The van der Waals surface area contributed by atoms with Gasteiger partial charge in [-0.1, -0.05) is 66.0 Å². The maximum absolute atomic E-state index is 13.5. The number of rotatable bonds is 9. The molecule has 39 heavy (non-hydrogen) atoms. The van der Waals surface area contributed by atoms with E-state index in [1.165, 1.54) is 38.5 Å². The van der Waals surface area contributed by atoms with Crippen molar-refractivity contribution in [2.75, 3.05) is 13.2 Å². The molecule has 0 aromatic carbocycles. The average molecular weight is 539 g/mol. The molecule has 0 radical (unpaired) electrons. The highest BCUT2D eigenvalue weighted by atomic mass is 16.6. The normalized spacial score (nSPS) is 40.1. The van der Waals surface area contributed by atoms with E-state index in [0.29, 0.717) is 23.2 Å². The Balaban J connectivity index is 1.46. The van der Waals surface area contributed by atoms with Crippen LogP contribution in [0.5, 0.6) is 0 Å². The van der Waals surface area contributed by atoms with Crippen LogP contribution in [-0.2, 0) is 23.9 Å². The van der Waals surface area contributed by atoms with Crippen molar-refractivity contribution in [3.63, 3.8) is 0 Å². The van der Waals surface area contributed by atoms with Crippen molar-refractivity contribution >= 4 is 17.7 Å². The van der Waals surface area contributed by atoms with Crippen molar-refractivity contribution < 1.29 is 23.9 Å². The van der Waals surface area contributed by atoms with Crippen molar-refractivity contribution in [3.05, 3.63) is 23.8 Å². The summed E-state index contributed by atoms with van der Waals surface area (Å²) in [6.45, 7) is 15.7. The Morgan fingerprint density at radius 2 is 1.64 bits per heavy atom. The number of ether oxygens (including phenoxy) is 2. The summed E-state index contributed by atoms with van der Waals surface area (Å²) in [6, 6.07) is 0. The van der Waals surface area contributed by atoms with E-state index in [1.807, 2.05) is 0 Å². The van der Waals surface area contributed by atoms with Gasteiger partial charge in [0.1, 0.15) is 0 Å². The summed E-state index contributed by atoms with van der Waals surface area (Å²) in [5.74, 6) is 1.17. The van der Waals surface area contributed by atoms with Crippen LogP contribution < -0.4 is 0 Å². The molecule has 0 N–H and O–H groups in total. The number of esters is 2. The second-order valence-corrected chi connectivity index (χ2v) is 14.2. The smallest absolute Gasteiger partial charge is 0.324 e. The van der Waals surface area contributed by atoms with E-state index in [0.717, 1.165) is 29.7 Å². The standard InChI is InChI=1S/C34H50O5/c1-8-38-30(36)34(31(37)39-9-2)28-27(35)19-22-13-14-23-25-16-15-24(21(5)12-10-11-20(3)4)32(25,6)18-17-26(23)33(22,7)29(28)34/h13-14,19-21,23-26,28-29H,8-12,15-18H2,1-7H3. The van der Waals surface area contributed by atoms with Crippen LogP contribution in [0.25, 0.3) is 0 Å². The van der Waals surface area contributed by atoms with Gasteiger partial charge in [-0.25, -0.2) is 0 Å². The third-order valence-electron chi connectivity index (χ3n) is 12.1. The Morgan fingerprint density at radius 3 is 2.26 bits per heavy atom. The summed E-state index contributed by atoms with van der Waals surface area (Å²) in [5.41, 5.74) is -0.645. The van der Waals surface area contributed by atoms with E-state index >= 15 is 0 Å². The Labute approximate surface area is 235 Å². The zero-order valence-corrected chi connectivity index (χ0v) is 25.3. The third-order valence-corrected chi connectivity index (χ3v) is 12.1. The molecular weight excluding hydrogens is 488 g/mol. The molecule has 0 heterocycles. The molecule has 5 nitrogen and oxygen atoms in total. The second kappa shape index (κ2) is 10.2. The maximum Gasteiger partial charge on any atom is 0.324 e. The van der Waals surface area contributed by atoms with Crippen LogP contribution in [0.3, 0.4) is 0 Å². The summed E-state index contributed by atoms with van der Waals surface area (Å²) >= 11 is 0. The predicted octanol–water partition coefficient (Wildman–Crippen LogP) is 6.95. The lowest BCUT2D eigenvalue weighted by Crippen LogP contribution is -2.51. The van der Waals surface area contributed by atoms with Gasteiger partial charge < -0.3 is 9.47 Å². The lowest BCUT2D eigenvalue weighted by atomic mass is 9.47. The van der Waals surface area contributed by atoms with Crippen LogP contribution in [0.1, 0.15) is 93.4 Å². The zero-order valence-electron chi connectivity index (χ0n) is 25.3. The Kier molecular flexibility index (Phi) is 7.46.